The number of fused-ring (bicyclic) bond motifs is 5. The molecule has 1 N–H and O–H groups in total. The summed E-state index contributed by atoms with van der Waals surface area (Å²) in [5, 5.41) is 11.9. The van der Waals surface area contributed by atoms with Gasteiger partial charge < -0.3 is 19.3 Å². The molecule has 0 aromatic heterocycles. The predicted molar refractivity (Wildman–Crippen MR) is 146 cm³/mol. The number of aliphatic hydroxyl groups is 1. The van der Waals surface area contributed by atoms with Gasteiger partial charge in [-0.05, 0) is 92.8 Å². The Labute approximate surface area is 236 Å². The van der Waals surface area contributed by atoms with Gasteiger partial charge in [-0.3, -0.25) is 14.4 Å². The normalized spacial score (nSPS) is 44.7. The minimum Gasteiger partial charge on any atom is -0.466 e. The van der Waals surface area contributed by atoms with Gasteiger partial charge in [0.15, 0.2) is 0 Å². The van der Waals surface area contributed by atoms with E-state index in [0.717, 1.165) is 44.9 Å². The van der Waals surface area contributed by atoms with Crippen molar-refractivity contribution in [1.82, 2.24) is 0 Å². The lowest BCUT2D eigenvalue weighted by Crippen LogP contribution is -2.66. The Morgan fingerprint density at radius 3 is 2.32 bits per heavy atom. The molecule has 0 unspecified atom stereocenters. The molecular formula is C30H47BrO7. The number of rotatable bonds is 7. The maximum absolute atomic E-state index is 12.4. The minimum atomic E-state index is -0.523. The molecular weight excluding hydrogens is 552 g/mol. The van der Waals surface area contributed by atoms with Gasteiger partial charge in [-0.15, -0.1) is 0 Å². The molecule has 0 amide bonds. The van der Waals surface area contributed by atoms with Crippen molar-refractivity contribution in [3.63, 3.8) is 0 Å². The standard InChI is InChI=1S/C30H47BrO7/c1-7-36-25(34)11-8-16(2)20-9-10-21-26-22(15-24(30(20,21)6)38-18(4)33)29(5)13-12-19(37-17(3)32)14-23(29)27(31)28(26)35/h16,19-24,26-28,35H,7-15H2,1-6H3/t16-,19+,20+,21+,22-,23-,24-,26+,27+,28-,29+,30+/m0/s1. The van der Waals surface area contributed by atoms with Crippen LogP contribution in [0.4, 0.5) is 0 Å². The van der Waals surface area contributed by atoms with Gasteiger partial charge in [0.1, 0.15) is 12.2 Å². The fourth-order valence-corrected chi connectivity index (χ4v) is 10.7. The molecule has 4 aliphatic rings. The Balaban J connectivity index is 1.64. The maximum atomic E-state index is 12.4. The molecule has 0 bridgehead atoms. The molecule has 4 rings (SSSR count). The summed E-state index contributed by atoms with van der Waals surface area (Å²) in [5.74, 6) is 0.595. The van der Waals surface area contributed by atoms with Crippen LogP contribution in [0.25, 0.3) is 0 Å². The summed E-state index contributed by atoms with van der Waals surface area (Å²) in [6.07, 6.45) is 5.46. The monoisotopic (exact) mass is 598 g/mol. The second kappa shape index (κ2) is 11.4. The highest BCUT2D eigenvalue weighted by Crippen LogP contribution is 2.69. The van der Waals surface area contributed by atoms with Crippen LogP contribution in [0.15, 0.2) is 0 Å². The fraction of sp³-hybridized carbons (Fsp3) is 0.900. The van der Waals surface area contributed by atoms with Crippen molar-refractivity contribution in [1.29, 1.82) is 0 Å². The highest BCUT2D eigenvalue weighted by atomic mass is 79.9. The summed E-state index contributed by atoms with van der Waals surface area (Å²) in [5.41, 5.74) is -0.325. The van der Waals surface area contributed by atoms with Crippen molar-refractivity contribution >= 4 is 33.8 Å². The van der Waals surface area contributed by atoms with Gasteiger partial charge in [0.25, 0.3) is 0 Å². The highest BCUT2D eigenvalue weighted by Gasteiger charge is 2.68. The lowest BCUT2D eigenvalue weighted by atomic mass is 9.43. The van der Waals surface area contributed by atoms with E-state index in [1.807, 2.05) is 6.92 Å². The fourth-order valence-electron chi connectivity index (χ4n) is 9.57. The number of hydrogen-bond acceptors (Lipinski definition) is 7. The first kappa shape index (κ1) is 29.8. The summed E-state index contributed by atoms with van der Waals surface area (Å²) in [7, 11) is 0. The number of ether oxygens (including phenoxy) is 3. The van der Waals surface area contributed by atoms with Crippen LogP contribution in [0.2, 0.25) is 0 Å². The number of carbonyl (C=O) groups is 3. The molecule has 0 spiro atoms. The van der Waals surface area contributed by atoms with Gasteiger partial charge in [-0.2, -0.15) is 0 Å². The maximum Gasteiger partial charge on any atom is 0.305 e. The van der Waals surface area contributed by atoms with Gasteiger partial charge >= 0.3 is 17.9 Å². The van der Waals surface area contributed by atoms with Crippen molar-refractivity contribution in [2.45, 2.75) is 116 Å². The molecule has 0 saturated heterocycles. The Morgan fingerprint density at radius 1 is 1.00 bits per heavy atom. The van der Waals surface area contributed by atoms with Crippen molar-refractivity contribution in [2.75, 3.05) is 6.61 Å². The zero-order chi connectivity index (χ0) is 28.0. The number of carbonyl (C=O) groups excluding carboxylic acids is 3. The Hall–Kier alpha value is -1.15. The summed E-state index contributed by atoms with van der Waals surface area (Å²) in [4.78, 5) is 36.1. The molecule has 0 heterocycles. The van der Waals surface area contributed by atoms with Crippen LogP contribution < -0.4 is 0 Å². The van der Waals surface area contributed by atoms with E-state index in [-0.39, 0.29) is 75.4 Å². The summed E-state index contributed by atoms with van der Waals surface area (Å²) < 4.78 is 17.0. The topological polar surface area (TPSA) is 99.1 Å². The molecule has 0 aliphatic heterocycles. The van der Waals surface area contributed by atoms with Crippen LogP contribution in [-0.2, 0) is 28.6 Å². The highest BCUT2D eigenvalue weighted by molar-refractivity contribution is 9.09. The van der Waals surface area contributed by atoms with Gasteiger partial charge in [0.05, 0.1) is 12.7 Å². The van der Waals surface area contributed by atoms with Gasteiger partial charge in [-0.1, -0.05) is 36.7 Å². The lowest BCUT2D eigenvalue weighted by Gasteiger charge is -2.65. The van der Waals surface area contributed by atoms with E-state index in [4.69, 9.17) is 14.2 Å². The number of halogens is 1. The van der Waals surface area contributed by atoms with Crippen LogP contribution in [0.1, 0.15) is 92.9 Å². The zero-order valence-electron chi connectivity index (χ0n) is 23.9. The van der Waals surface area contributed by atoms with Gasteiger partial charge in [0, 0.05) is 30.5 Å². The number of hydrogen-bond donors (Lipinski definition) is 1. The molecule has 38 heavy (non-hydrogen) atoms. The van der Waals surface area contributed by atoms with Crippen LogP contribution >= 0.6 is 15.9 Å². The van der Waals surface area contributed by atoms with Crippen molar-refractivity contribution < 1.29 is 33.7 Å². The first-order valence-corrected chi connectivity index (χ1v) is 15.6. The first-order valence-electron chi connectivity index (χ1n) is 14.7. The molecule has 4 aliphatic carbocycles. The van der Waals surface area contributed by atoms with E-state index < -0.39 is 6.10 Å². The Bertz CT molecular complexity index is 909. The third-order valence-electron chi connectivity index (χ3n) is 11.2. The molecule has 4 saturated carbocycles. The smallest absolute Gasteiger partial charge is 0.305 e. The molecule has 8 heteroatoms. The molecule has 0 radical (unpaired) electrons. The second-order valence-corrected chi connectivity index (χ2v) is 14.1. The van der Waals surface area contributed by atoms with Crippen LogP contribution in [-0.4, -0.2) is 52.8 Å². The molecule has 0 aromatic carbocycles. The summed E-state index contributed by atoms with van der Waals surface area (Å²) in [6, 6.07) is 0. The van der Waals surface area contributed by atoms with Gasteiger partial charge in [-0.25, -0.2) is 0 Å². The van der Waals surface area contributed by atoms with E-state index in [2.05, 4.69) is 36.7 Å². The summed E-state index contributed by atoms with van der Waals surface area (Å²) in [6.45, 7) is 12.0. The van der Waals surface area contributed by atoms with Crippen molar-refractivity contribution in [2.24, 2.45) is 46.3 Å². The number of alkyl halides is 1. The van der Waals surface area contributed by atoms with Crippen molar-refractivity contribution in [3.8, 4) is 0 Å². The van der Waals surface area contributed by atoms with E-state index >= 15 is 0 Å². The average Bonchev–Trinajstić information content (AvgIpc) is 3.20. The van der Waals surface area contributed by atoms with Gasteiger partial charge in [0.2, 0.25) is 0 Å². The molecule has 7 nitrogen and oxygen atoms in total. The third-order valence-corrected chi connectivity index (χ3v) is 12.4. The van der Waals surface area contributed by atoms with Crippen LogP contribution in [0.5, 0.6) is 0 Å². The Kier molecular flexibility index (Phi) is 8.93. The quantitative estimate of drug-likeness (QED) is 0.236. The molecule has 0 aromatic rings. The first-order chi connectivity index (χ1) is 17.8. The SMILES string of the molecule is CCOC(=O)CC[C@H](C)[C@H]1CC[C@@H]2[C@H]3[C@H](O)[C@H](Br)[C@@H]4C[C@H](OC(C)=O)CC[C@]4(C)[C@H]3C[C@H](OC(C)=O)[C@@]21C. The van der Waals surface area contributed by atoms with E-state index in [1.165, 1.54) is 13.8 Å². The molecule has 12 atom stereocenters. The van der Waals surface area contributed by atoms with E-state index in [1.54, 1.807) is 0 Å². The minimum absolute atomic E-state index is 0.0535. The number of esters is 3. The Morgan fingerprint density at radius 2 is 1.68 bits per heavy atom. The average molecular weight is 600 g/mol. The van der Waals surface area contributed by atoms with Crippen LogP contribution in [0, 0.1) is 46.3 Å². The lowest BCUT2D eigenvalue weighted by molar-refractivity contribution is -0.215. The van der Waals surface area contributed by atoms with Crippen LogP contribution in [0.3, 0.4) is 0 Å². The van der Waals surface area contributed by atoms with E-state index in [9.17, 15) is 19.5 Å². The van der Waals surface area contributed by atoms with Crippen molar-refractivity contribution in [3.05, 3.63) is 0 Å². The second-order valence-electron chi connectivity index (χ2n) is 13.0. The molecule has 216 valence electrons. The number of aliphatic hydroxyl groups excluding tert-OH is 1. The third kappa shape index (κ3) is 5.17. The summed E-state index contributed by atoms with van der Waals surface area (Å²) >= 11 is 3.93. The van der Waals surface area contributed by atoms with E-state index in [0.29, 0.717) is 18.9 Å². The largest absolute Gasteiger partial charge is 0.466 e. The zero-order valence-corrected chi connectivity index (χ0v) is 25.5. The molecule has 4 fully saturated rings. The predicted octanol–water partition coefficient (Wildman–Crippen LogP) is 5.44.